The molecule has 0 radical (unpaired) electrons. The lowest BCUT2D eigenvalue weighted by Gasteiger charge is -2.38. The van der Waals surface area contributed by atoms with Crippen LogP contribution in [-0.4, -0.2) is 31.7 Å². The van der Waals surface area contributed by atoms with E-state index in [0.717, 1.165) is 24.8 Å². The SMILES string of the molecule is O=C(NCCCCc1ccccc1)[C@@H]1CC[C@H](c2ccccc2)N(S(=O)(=O)c2ccc(Cl)cc2)C1. The Morgan fingerprint density at radius 2 is 1.54 bits per heavy atom. The van der Waals surface area contributed by atoms with E-state index in [-0.39, 0.29) is 29.3 Å². The molecule has 1 saturated heterocycles. The average Bonchev–Trinajstić information content (AvgIpc) is 2.89. The molecule has 0 aromatic heterocycles. The molecule has 0 saturated carbocycles. The number of carbonyl (C=O) groups is 1. The molecule has 184 valence electrons. The zero-order chi connectivity index (χ0) is 24.7. The largest absolute Gasteiger partial charge is 0.356 e. The molecule has 4 rings (SSSR count). The van der Waals surface area contributed by atoms with Crippen LogP contribution in [0.4, 0.5) is 0 Å². The summed E-state index contributed by atoms with van der Waals surface area (Å²) in [5.74, 6) is -0.460. The topological polar surface area (TPSA) is 66.5 Å². The number of nitrogens with zero attached hydrogens (tertiary/aromatic N) is 1. The summed E-state index contributed by atoms with van der Waals surface area (Å²) in [6.45, 7) is 0.745. The van der Waals surface area contributed by atoms with Gasteiger partial charge in [0, 0.05) is 18.1 Å². The summed E-state index contributed by atoms with van der Waals surface area (Å²) in [5.41, 5.74) is 2.23. The predicted octanol–water partition coefficient (Wildman–Crippen LogP) is 5.62. The Kier molecular flexibility index (Phi) is 8.60. The van der Waals surface area contributed by atoms with E-state index in [4.69, 9.17) is 11.6 Å². The van der Waals surface area contributed by atoms with Gasteiger partial charge in [0.15, 0.2) is 0 Å². The maximum atomic E-state index is 13.6. The smallest absolute Gasteiger partial charge is 0.243 e. The number of piperidine rings is 1. The van der Waals surface area contributed by atoms with Crippen molar-refractivity contribution < 1.29 is 13.2 Å². The Morgan fingerprint density at radius 3 is 2.23 bits per heavy atom. The maximum absolute atomic E-state index is 13.6. The zero-order valence-electron chi connectivity index (χ0n) is 19.6. The standard InChI is InChI=1S/C28H31ClN2O3S/c29-25-15-17-26(18-16-25)35(33,34)31-21-24(14-19-27(31)23-12-5-2-6-13-23)28(32)30-20-8-7-11-22-9-3-1-4-10-22/h1-6,9-10,12-13,15-18,24,27H,7-8,11,14,19-21H2,(H,30,32)/t24-,27-/m1/s1. The van der Waals surface area contributed by atoms with Gasteiger partial charge in [-0.25, -0.2) is 8.42 Å². The first-order chi connectivity index (χ1) is 16.9. The quantitative estimate of drug-likeness (QED) is 0.380. The van der Waals surface area contributed by atoms with Crippen molar-refractivity contribution in [3.05, 3.63) is 101 Å². The van der Waals surface area contributed by atoms with Crippen LogP contribution >= 0.6 is 11.6 Å². The van der Waals surface area contributed by atoms with Crippen LogP contribution in [-0.2, 0) is 21.2 Å². The molecule has 1 aliphatic heterocycles. The van der Waals surface area contributed by atoms with Gasteiger partial charge in [0.05, 0.1) is 16.9 Å². The van der Waals surface area contributed by atoms with Gasteiger partial charge in [-0.3, -0.25) is 4.79 Å². The molecule has 3 aromatic carbocycles. The van der Waals surface area contributed by atoms with Gasteiger partial charge in [0.2, 0.25) is 15.9 Å². The van der Waals surface area contributed by atoms with E-state index in [0.29, 0.717) is 24.4 Å². The lowest BCUT2D eigenvalue weighted by Crippen LogP contribution is -2.47. The summed E-state index contributed by atoms with van der Waals surface area (Å²) in [4.78, 5) is 13.2. The molecule has 0 unspecified atom stereocenters. The number of hydrogen-bond donors (Lipinski definition) is 1. The van der Waals surface area contributed by atoms with Gasteiger partial charge in [-0.15, -0.1) is 0 Å². The summed E-state index contributed by atoms with van der Waals surface area (Å²) in [6, 6.07) is 25.8. The summed E-state index contributed by atoms with van der Waals surface area (Å²) >= 11 is 5.98. The van der Waals surface area contributed by atoms with Crippen LogP contribution < -0.4 is 5.32 Å². The minimum Gasteiger partial charge on any atom is -0.356 e. The Bertz CT molecular complexity index is 1200. The summed E-state index contributed by atoms with van der Waals surface area (Å²) in [6.07, 6.45) is 4.08. The van der Waals surface area contributed by atoms with E-state index in [9.17, 15) is 13.2 Å². The van der Waals surface area contributed by atoms with Crippen molar-refractivity contribution >= 4 is 27.5 Å². The molecule has 2 atom stereocenters. The van der Waals surface area contributed by atoms with E-state index in [2.05, 4.69) is 17.4 Å². The third-order valence-corrected chi connectivity index (χ3v) is 8.69. The zero-order valence-corrected chi connectivity index (χ0v) is 21.2. The van der Waals surface area contributed by atoms with Crippen LogP contribution in [0.5, 0.6) is 0 Å². The second kappa shape index (κ2) is 11.8. The maximum Gasteiger partial charge on any atom is 0.243 e. The molecule has 5 nitrogen and oxygen atoms in total. The Labute approximate surface area is 213 Å². The Morgan fingerprint density at radius 1 is 0.886 bits per heavy atom. The fourth-order valence-electron chi connectivity index (χ4n) is 4.62. The second-order valence-electron chi connectivity index (χ2n) is 8.96. The van der Waals surface area contributed by atoms with Gasteiger partial charge in [-0.1, -0.05) is 72.3 Å². The van der Waals surface area contributed by atoms with Gasteiger partial charge in [-0.2, -0.15) is 4.31 Å². The Balaban J connectivity index is 1.42. The van der Waals surface area contributed by atoms with Crippen LogP contribution in [0.15, 0.2) is 89.8 Å². The van der Waals surface area contributed by atoms with Gasteiger partial charge in [0.25, 0.3) is 0 Å². The van der Waals surface area contributed by atoms with Crippen molar-refractivity contribution in [3.63, 3.8) is 0 Å². The first kappa shape index (κ1) is 25.4. The minimum absolute atomic E-state index is 0.0764. The molecule has 3 aromatic rings. The highest BCUT2D eigenvalue weighted by molar-refractivity contribution is 7.89. The van der Waals surface area contributed by atoms with Crippen LogP contribution in [0.25, 0.3) is 0 Å². The van der Waals surface area contributed by atoms with Crippen LogP contribution in [0.1, 0.15) is 42.9 Å². The second-order valence-corrected chi connectivity index (χ2v) is 11.3. The number of halogens is 1. The summed E-state index contributed by atoms with van der Waals surface area (Å²) in [7, 11) is -3.81. The number of rotatable bonds is 9. The number of aryl methyl sites for hydroxylation is 1. The summed E-state index contributed by atoms with van der Waals surface area (Å²) < 4.78 is 28.8. The normalized spacial score (nSPS) is 18.8. The molecule has 35 heavy (non-hydrogen) atoms. The highest BCUT2D eigenvalue weighted by atomic mass is 35.5. The highest BCUT2D eigenvalue weighted by Crippen LogP contribution is 2.37. The van der Waals surface area contributed by atoms with Crippen molar-refractivity contribution in [2.45, 2.75) is 43.0 Å². The molecule has 1 aliphatic rings. The third-order valence-electron chi connectivity index (χ3n) is 6.55. The first-order valence-electron chi connectivity index (χ1n) is 12.1. The first-order valence-corrected chi connectivity index (χ1v) is 13.9. The lowest BCUT2D eigenvalue weighted by atomic mass is 9.90. The number of nitrogens with one attached hydrogen (secondary N) is 1. The number of hydrogen-bond acceptors (Lipinski definition) is 3. The van der Waals surface area contributed by atoms with Gasteiger partial charge < -0.3 is 5.32 Å². The van der Waals surface area contributed by atoms with Gasteiger partial charge >= 0.3 is 0 Å². The van der Waals surface area contributed by atoms with E-state index in [1.807, 2.05) is 48.5 Å². The molecular weight excluding hydrogens is 480 g/mol. The number of sulfonamides is 1. The molecular formula is C28H31ClN2O3S. The van der Waals surface area contributed by atoms with Crippen molar-refractivity contribution in [2.24, 2.45) is 5.92 Å². The number of unbranched alkanes of at least 4 members (excludes halogenated alkanes) is 1. The highest BCUT2D eigenvalue weighted by Gasteiger charge is 2.39. The predicted molar refractivity (Wildman–Crippen MR) is 140 cm³/mol. The third kappa shape index (κ3) is 6.51. The summed E-state index contributed by atoms with van der Waals surface area (Å²) in [5, 5.41) is 3.51. The average molecular weight is 511 g/mol. The number of benzene rings is 3. The molecule has 0 aliphatic carbocycles. The van der Waals surface area contributed by atoms with Crippen molar-refractivity contribution in [3.8, 4) is 0 Å². The molecule has 1 N–H and O–H groups in total. The Hall–Kier alpha value is -2.67. The fourth-order valence-corrected chi connectivity index (χ4v) is 6.44. The number of carbonyl (C=O) groups excluding carboxylic acids is 1. The molecule has 1 fully saturated rings. The molecule has 0 bridgehead atoms. The van der Waals surface area contributed by atoms with Crippen molar-refractivity contribution in [1.29, 1.82) is 0 Å². The van der Waals surface area contributed by atoms with Crippen molar-refractivity contribution in [2.75, 3.05) is 13.1 Å². The monoisotopic (exact) mass is 510 g/mol. The molecule has 1 heterocycles. The number of amides is 1. The van der Waals surface area contributed by atoms with Crippen LogP contribution in [0.3, 0.4) is 0 Å². The van der Waals surface area contributed by atoms with E-state index < -0.39 is 10.0 Å². The van der Waals surface area contributed by atoms with E-state index in [1.54, 1.807) is 12.1 Å². The molecule has 1 amide bonds. The minimum atomic E-state index is -3.81. The fraction of sp³-hybridized carbons (Fsp3) is 0.321. The van der Waals surface area contributed by atoms with Gasteiger partial charge in [0.1, 0.15) is 0 Å². The lowest BCUT2D eigenvalue weighted by molar-refractivity contribution is -0.126. The van der Waals surface area contributed by atoms with Crippen LogP contribution in [0.2, 0.25) is 5.02 Å². The molecule has 7 heteroatoms. The van der Waals surface area contributed by atoms with Crippen molar-refractivity contribution in [1.82, 2.24) is 9.62 Å². The van der Waals surface area contributed by atoms with Gasteiger partial charge in [-0.05, 0) is 67.5 Å². The van der Waals surface area contributed by atoms with E-state index in [1.165, 1.54) is 22.0 Å². The molecule has 0 spiro atoms. The van der Waals surface area contributed by atoms with Crippen LogP contribution in [0, 0.1) is 5.92 Å². The van der Waals surface area contributed by atoms with E-state index >= 15 is 0 Å².